The smallest absolute Gasteiger partial charge is 0.303 e. The van der Waals surface area contributed by atoms with Crippen LogP contribution in [-0.2, 0) is 30.3 Å². The monoisotopic (exact) mass is 1480 g/mol. The van der Waals surface area contributed by atoms with Crippen LogP contribution in [0, 0.1) is 0 Å². The zero-order chi connectivity index (χ0) is 71.0. The molecule has 99 heavy (non-hydrogen) atoms. The number of anilines is 3. The summed E-state index contributed by atoms with van der Waals surface area (Å²) >= 11 is 18.2. The van der Waals surface area contributed by atoms with Crippen LogP contribution in [0.2, 0.25) is 15.1 Å². The van der Waals surface area contributed by atoms with Gasteiger partial charge in [-0.25, -0.2) is 47.4 Å². The first-order valence-electron chi connectivity index (χ1n) is 31.9. The molecule has 0 aliphatic carbocycles. The highest BCUT2D eigenvalue weighted by molar-refractivity contribution is 7.91. The average Bonchev–Trinajstić information content (AvgIpc) is 1.62. The molecule has 0 spiro atoms. The number of alkyl halides is 5. The lowest BCUT2D eigenvalue weighted by Gasteiger charge is -2.35. The summed E-state index contributed by atoms with van der Waals surface area (Å²) < 4.78 is 155. The van der Waals surface area contributed by atoms with E-state index in [0.29, 0.717) is 57.2 Å². The first-order valence-corrected chi connectivity index (χ1v) is 37.5. The summed E-state index contributed by atoms with van der Waals surface area (Å²) in [4.78, 5) is 12.6. The number of nitrogens with two attached hydrogens (primary N) is 2. The Bertz CT molecular complexity index is 4330. The molecule has 0 saturated carbocycles. The number of benzene rings is 6. The van der Waals surface area contributed by atoms with Gasteiger partial charge in [0.05, 0.1) is 29.6 Å². The Morgan fingerprint density at radius 2 is 0.899 bits per heavy atom. The molecule has 12 rings (SSSR count). The Morgan fingerprint density at radius 3 is 1.28 bits per heavy atom. The van der Waals surface area contributed by atoms with E-state index < -0.39 is 96.7 Å². The molecule has 3 fully saturated rings. The first kappa shape index (κ1) is 74.1. The maximum atomic E-state index is 14.0. The van der Waals surface area contributed by atoms with E-state index in [2.05, 4.69) is 29.9 Å². The van der Waals surface area contributed by atoms with Crippen molar-refractivity contribution in [1.29, 1.82) is 0 Å². The fourth-order valence-electron chi connectivity index (χ4n) is 12.3. The second-order valence-electron chi connectivity index (χ2n) is 23.9. The number of aliphatic imine (C=N–C) groups is 3. The van der Waals surface area contributed by atoms with Gasteiger partial charge in [-0.2, -0.15) is 28.0 Å². The van der Waals surface area contributed by atoms with Crippen LogP contribution in [0.15, 0.2) is 194 Å². The van der Waals surface area contributed by atoms with Gasteiger partial charge in [-0.3, -0.25) is 34.7 Å². The summed E-state index contributed by atoms with van der Waals surface area (Å²) in [7, 11) is -10.8. The quantitative estimate of drug-likeness (QED) is 0.0439. The number of nitrogens with zero attached hydrogens (tertiary/aromatic N) is 12. The molecule has 5 N–H and O–H groups in total. The normalized spacial score (nSPS) is 22.8. The highest BCUT2D eigenvalue weighted by Crippen LogP contribution is 2.44. The lowest BCUT2D eigenvalue weighted by Crippen LogP contribution is -2.51. The number of hydrogen-bond donors (Lipinski definition) is 3. The minimum atomic E-state index is -4.19. The van der Waals surface area contributed by atoms with Gasteiger partial charge >= 0.3 is 10.2 Å². The Kier molecular flexibility index (Phi) is 23.6. The van der Waals surface area contributed by atoms with Crippen LogP contribution in [0.5, 0.6) is 0 Å². The maximum Gasteiger partial charge on any atom is 0.303 e. The van der Waals surface area contributed by atoms with Gasteiger partial charge in [0.15, 0.2) is 5.84 Å². The molecule has 0 aromatic heterocycles. The van der Waals surface area contributed by atoms with Crippen LogP contribution in [0.4, 0.5) is 39.0 Å². The summed E-state index contributed by atoms with van der Waals surface area (Å²) in [6, 6.07) is 47.4. The van der Waals surface area contributed by atoms with Gasteiger partial charge in [-0.05, 0) is 116 Å². The number of hydrogen-bond acceptors (Lipinski definition) is 15. The van der Waals surface area contributed by atoms with Crippen molar-refractivity contribution in [2.24, 2.45) is 41.7 Å². The molecule has 32 heteroatoms. The third-order valence-electron chi connectivity index (χ3n) is 17.3. The van der Waals surface area contributed by atoms with E-state index in [1.54, 1.807) is 82.6 Å². The van der Waals surface area contributed by atoms with E-state index in [1.165, 1.54) is 11.4 Å². The van der Waals surface area contributed by atoms with Crippen molar-refractivity contribution >= 4 is 117 Å². The van der Waals surface area contributed by atoms with Crippen molar-refractivity contribution in [2.75, 3.05) is 74.4 Å². The fraction of sp³-hybridized carbons (Fsp3) is 0.373. The molecule has 6 heterocycles. The van der Waals surface area contributed by atoms with Gasteiger partial charge in [-0.15, -0.1) is 0 Å². The van der Waals surface area contributed by atoms with Crippen molar-refractivity contribution in [3.63, 3.8) is 0 Å². The van der Waals surface area contributed by atoms with Crippen molar-refractivity contribution < 1.29 is 47.2 Å². The summed E-state index contributed by atoms with van der Waals surface area (Å²) in [6.45, 7) is 2.94. The molecule has 6 aliphatic rings. The van der Waals surface area contributed by atoms with Crippen molar-refractivity contribution in [2.45, 2.75) is 99.0 Å². The SMILES string of the molecule is CCN=C(N)C1=NN(c2ccc(Cl)cc2)C(c2ccccc2)C1S(=O)(=O)N1CCC(F)(F)CC1.CCN=C(N)C1=NN(c2ccc(Cl)cc2)C(c2ccccc2)C1S(=O)(=O)N1CCC(F)CC1.CN=C(NS(=O)(=O)N1CCC(F)(F)C1)C1=NN(c2ccc(Cl)cc2)C(c2ccccc2)C1. The molecule has 0 bridgehead atoms. The Hall–Kier alpha value is -7.61. The second kappa shape index (κ2) is 31.5. The molecule has 3 saturated heterocycles. The number of nitrogens with one attached hydrogen (secondary N) is 1. The first-order chi connectivity index (χ1) is 47.1. The van der Waals surface area contributed by atoms with Crippen molar-refractivity contribution in [1.82, 2.24) is 17.6 Å². The number of piperidine rings is 2. The molecular formula is C67H75Cl3F5N15O6S3. The predicted octanol–water partition coefficient (Wildman–Crippen LogP) is 11.7. The third-order valence-corrected chi connectivity index (χ3v) is 23.9. The fourth-order valence-corrected chi connectivity index (χ4v) is 18.1. The summed E-state index contributed by atoms with van der Waals surface area (Å²) in [6.07, 6.45) is -1.83. The molecule has 6 aromatic carbocycles. The van der Waals surface area contributed by atoms with Crippen LogP contribution >= 0.6 is 34.8 Å². The number of sulfonamides is 2. The van der Waals surface area contributed by atoms with Crippen LogP contribution in [0.1, 0.15) is 87.2 Å². The van der Waals surface area contributed by atoms with Crippen LogP contribution in [0.25, 0.3) is 0 Å². The molecular weight excluding hydrogens is 1410 g/mol. The largest absolute Gasteiger partial charge is 0.382 e. The maximum absolute atomic E-state index is 14.0. The van der Waals surface area contributed by atoms with Gasteiger partial charge in [0.1, 0.15) is 57.6 Å². The molecule has 6 aliphatic heterocycles. The van der Waals surface area contributed by atoms with E-state index in [4.69, 9.17) is 51.4 Å². The van der Waals surface area contributed by atoms with E-state index >= 15 is 0 Å². The number of amidine groups is 3. The van der Waals surface area contributed by atoms with Gasteiger partial charge in [0, 0.05) is 93.6 Å². The molecule has 0 amide bonds. The summed E-state index contributed by atoms with van der Waals surface area (Å²) in [5.41, 5.74) is 17.7. The molecule has 0 radical (unpaired) electrons. The Balaban J connectivity index is 0.000000161. The van der Waals surface area contributed by atoms with Gasteiger partial charge in [-0.1, -0.05) is 126 Å². The van der Waals surface area contributed by atoms with E-state index in [9.17, 15) is 47.2 Å². The molecule has 21 nitrogen and oxygen atoms in total. The highest BCUT2D eigenvalue weighted by Gasteiger charge is 2.54. The number of rotatable bonds is 17. The van der Waals surface area contributed by atoms with E-state index in [-0.39, 0.29) is 80.5 Å². The zero-order valence-corrected chi connectivity index (χ0v) is 58.9. The molecule has 528 valence electrons. The Labute approximate surface area is 588 Å². The van der Waals surface area contributed by atoms with Gasteiger partial charge < -0.3 is 11.5 Å². The van der Waals surface area contributed by atoms with Crippen LogP contribution in [0.3, 0.4) is 0 Å². The minimum Gasteiger partial charge on any atom is -0.382 e. The highest BCUT2D eigenvalue weighted by atomic mass is 35.5. The molecule has 6 aromatic rings. The lowest BCUT2D eigenvalue weighted by atomic mass is 10.0. The van der Waals surface area contributed by atoms with Crippen LogP contribution in [-0.4, -0.2) is 161 Å². The predicted molar refractivity (Wildman–Crippen MR) is 384 cm³/mol. The average molecular weight is 1480 g/mol. The topological polar surface area (TPSA) is 260 Å². The van der Waals surface area contributed by atoms with Gasteiger partial charge in [0.25, 0.3) is 11.8 Å². The standard InChI is InChI=1S/C23H26ClF2N5O2S.C23H27ClFN5O2S.C21H22ClF2N5O2S/c1-2-28-22(27)19-21(34(32,33)30-14-12-23(25,26)13-15-30)20(16-6-4-3-5-7-16)31(29-19)18-10-8-17(24)9-11-18;1-2-27-23(26)20-22(33(31,32)29-14-12-18(25)13-15-29)21(16-6-4-3-5-7-16)30(28-20)19-10-8-17(24)9-11-19;1-25-20(27-32(30,31)28-12-11-21(23,24)14-28)18-13-19(15-5-3-2-4-6-15)29(26-18)17-9-7-16(22)8-10-17/h3-11,20-21H,2,12-15H2,1H3,(H2,27,28);3-11,18,21-22H,2,12-15H2,1H3,(H2,26,27);2-10,19H,11-14H2,1H3,(H,25,27). The van der Waals surface area contributed by atoms with Gasteiger partial charge in [0.2, 0.25) is 20.0 Å². The molecule has 5 unspecified atom stereocenters. The Morgan fingerprint density at radius 1 is 0.525 bits per heavy atom. The van der Waals surface area contributed by atoms with E-state index in [0.717, 1.165) is 25.4 Å². The minimum absolute atomic E-state index is 0.0100. The summed E-state index contributed by atoms with van der Waals surface area (Å²) in [5, 5.41) is 18.4. The second-order valence-corrected chi connectivity index (χ2v) is 31.0. The van der Waals surface area contributed by atoms with Crippen molar-refractivity contribution in [3.8, 4) is 0 Å². The lowest BCUT2D eigenvalue weighted by molar-refractivity contribution is -0.0412. The van der Waals surface area contributed by atoms with E-state index in [1.807, 2.05) is 110 Å². The third kappa shape index (κ3) is 17.2. The van der Waals surface area contributed by atoms with Crippen LogP contribution < -0.4 is 31.2 Å². The zero-order valence-electron chi connectivity index (χ0n) is 54.2. The summed E-state index contributed by atoms with van der Waals surface area (Å²) in [5.74, 6) is -5.79. The number of halogens is 8. The van der Waals surface area contributed by atoms with Crippen molar-refractivity contribution in [3.05, 3.63) is 196 Å². The number of hydrazone groups is 3. The molecule has 5 atom stereocenters.